The molecule has 3 fully saturated rings. The molecule has 0 aromatic rings. The van der Waals surface area contributed by atoms with Crippen LogP contribution in [0.4, 0.5) is 0 Å². The second-order valence-corrected chi connectivity index (χ2v) is 7.75. The zero-order chi connectivity index (χ0) is 14.5. The highest BCUT2D eigenvalue weighted by molar-refractivity contribution is 4.97. The highest BCUT2D eigenvalue weighted by atomic mass is 15.2. The number of nitrogens with two attached hydrogens (primary N) is 1. The molecule has 2 saturated carbocycles. The van der Waals surface area contributed by atoms with E-state index in [2.05, 4.69) is 10.2 Å². The predicted molar refractivity (Wildman–Crippen MR) is 89.4 cm³/mol. The lowest BCUT2D eigenvalue weighted by atomic mass is 9.79. The predicted octanol–water partition coefficient (Wildman–Crippen LogP) is 2.89. The molecule has 0 aromatic carbocycles. The quantitative estimate of drug-likeness (QED) is 0.819. The molecule has 3 aliphatic rings. The third-order valence-corrected chi connectivity index (χ3v) is 6.47. The summed E-state index contributed by atoms with van der Waals surface area (Å²) in [6, 6.07) is 0.693. The van der Waals surface area contributed by atoms with Crippen LogP contribution in [0.5, 0.6) is 0 Å². The van der Waals surface area contributed by atoms with Crippen LogP contribution in [0.2, 0.25) is 0 Å². The summed E-state index contributed by atoms with van der Waals surface area (Å²) in [4.78, 5) is 2.86. The molecule has 3 rings (SSSR count). The monoisotopic (exact) mass is 293 g/mol. The Bertz CT molecular complexity index is 306. The summed E-state index contributed by atoms with van der Waals surface area (Å²) in [5.41, 5.74) is 6.43. The van der Waals surface area contributed by atoms with Crippen molar-refractivity contribution in [3.63, 3.8) is 0 Å². The van der Waals surface area contributed by atoms with Gasteiger partial charge in [-0.25, -0.2) is 0 Å². The molecular formula is C18H35N3. The largest absolute Gasteiger partial charge is 0.330 e. The van der Waals surface area contributed by atoms with Crippen LogP contribution in [-0.4, -0.2) is 42.7 Å². The molecule has 1 aliphatic heterocycles. The van der Waals surface area contributed by atoms with E-state index in [1.165, 1.54) is 90.3 Å². The van der Waals surface area contributed by atoms with Crippen molar-refractivity contribution >= 4 is 0 Å². The number of piperidine rings is 1. The highest BCUT2D eigenvalue weighted by Gasteiger charge is 2.39. The second-order valence-electron chi connectivity index (χ2n) is 7.75. The Hall–Kier alpha value is -0.120. The van der Waals surface area contributed by atoms with Crippen LogP contribution in [0.1, 0.15) is 70.6 Å². The number of nitrogens with one attached hydrogen (secondary N) is 1. The van der Waals surface area contributed by atoms with Crippen LogP contribution in [0.25, 0.3) is 0 Å². The van der Waals surface area contributed by atoms with E-state index in [1.54, 1.807) is 0 Å². The lowest BCUT2D eigenvalue weighted by Gasteiger charge is -2.49. The maximum Gasteiger partial charge on any atom is 0.0334 e. The van der Waals surface area contributed by atoms with Crippen LogP contribution in [0, 0.1) is 5.92 Å². The van der Waals surface area contributed by atoms with Gasteiger partial charge in [-0.3, -0.25) is 4.90 Å². The Morgan fingerprint density at radius 2 is 1.62 bits per heavy atom. The highest BCUT2D eigenvalue weighted by Crippen LogP contribution is 2.36. The van der Waals surface area contributed by atoms with Crippen molar-refractivity contribution in [2.24, 2.45) is 11.7 Å². The fourth-order valence-electron chi connectivity index (χ4n) is 5.09. The molecule has 21 heavy (non-hydrogen) atoms. The van der Waals surface area contributed by atoms with Crippen LogP contribution in [-0.2, 0) is 0 Å². The average Bonchev–Trinajstić information content (AvgIpc) is 3.02. The van der Waals surface area contributed by atoms with E-state index in [9.17, 15) is 0 Å². The second kappa shape index (κ2) is 7.43. The first-order valence-electron chi connectivity index (χ1n) is 9.53. The van der Waals surface area contributed by atoms with Gasteiger partial charge in [0.1, 0.15) is 0 Å². The molecule has 1 heterocycles. The minimum absolute atomic E-state index is 0.473. The number of rotatable bonds is 5. The molecule has 2 atom stereocenters. The maximum absolute atomic E-state index is 5.96. The van der Waals surface area contributed by atoms with Gasteiger partial charge in [-0.1, -0.05) is 32.1 Å². The Kier molecular flexibility index (Phi) is 5.58. The Morgan fingerprint density at radius 3 is 2.33 bits per heavy atom. The first-order valence-corrected chi connectivity index (χ1v) is 9.53. The molecule has 0 bridgehead atoms. The van der Waals surface area contributed by atoms with Gasteiger partial charge < -0.3 is 11.1 Å². The van der Waals surface area contributed by atoms with Gasteiger partial charge in [-0.2, -0.15) is 0 Å². The number of hydrogen-bond donors (Lipinski definition) is 2. The summed E-state index contributed by atoms with van der Waals surface area (Å²) in [6.07, 6.45) is 15.5. The summed E-state index contributed by atoms with van der Waals surface area (Å²) in [6.45, 7) is 4.77. The summed E-state index contributed by atoms with van der Waals surface area (Å²) in [7, 11) is 0. The van der Waals surface area contributed by atoms with Crippen molar-refractivity contribution in [2.45, 2.75) is 82.2 Å². The summed E-state index contributed by atoms with van der Waals surface area (Å²) in [5.74, 6) is 0.729. The zero-order valence-electron chi connectivity index (χ0n) is 13.8. The summed E-state index contributed by atoms with van der Waals surface area (Å²) in [5, 5.41) is 3.97. The molecule has 0 radical (unpaired) electrons. The first-order chi connectivity index (χ1) is 10.3. The van der Waals surface area contributed by atoms with Crippen LogP contribution in [0.15, 0.2) is 0 Å². The molecule has 3 heteroatoms. The van der Waals surface area contributed by atoms with Gasteiger partial charge in [0.05, 0.1) is 0 Å². The van der Waals surface area contributed by atoms with Crippen molar-refractivity contribution in [2.75, 3.05) is 26.2 Å². The van der Waals surface area contributed by atoms with Crippen LogP contribution < -0.4 is 11.1 Å². The van der Waals surface area contributed by atoms with Crippen molar-refractivity contribution in [3.8, 4) is 0 Å². The van der Waals surface area contributed by atoms with Gasteiger partial charge in [0.15, 0.2) is 0 Å². The van der Waals surface area contributed by atoms with Crippen LogP contribution >= 0.6 is 0 Å². The van der Waals surface area contributed by atoms with Crippen molar-refractivity contribution < 1.29 is 0 Å². The Balaban J connectivity index is 1.61. The lowest BCUT2D eigenvalue weighted by Crippen LogP contribution is -2.59. The third-order valence-electron chi connectivity index (χ3n) is 6.47. The number of nitrogens with zero attached hydrogens (tertiary/aromatic N) is 1. The van der Waals surface area contributed by atoms with Gasteiger partial charge >= 0.3 is 0 Å². The van der Waals surface area contributed by atoms with E-state index in [0.717, 1.165) is 12.5 Å². The molecule has 1 saturated heterocycles. The molecule has 0 spiro atoms. The van der Waals surface area contributed by atoms with Crippen molar-refractivity contribution in [3.05, 3.63) is 0 Å². The van der Waals surface area contributed by atoms with Gasteiger partial charge in [0.2, 0.25) is 0 Å². The summed E-state index contributed by atoms with van der Waals surface area (Å²) < 4.78 is 0. The fourth-order valence-corrected chi connectivity index (χ4v) is 5.09. The van der Waals surface area contributed by atoms with Gasteiger partial charge in [-0.05, 0) is 64.1 Å². The van der Waals surface area contributed by atoms with Gasteiger partial charge in [-0.15, -0.1) is 0 Å². The molecule has 0 aromatic heterocycles. The van der Waals surface area contributed by atoms with Gasteiger partial charge in [0.25, 0.3) is 0 Å². The smallest absolute Gasteiger partial charge is 0.0334 e. The molecule has 3 N–H and O–H groups in total. The van der Waals surface area contributed by atoms with Crippen LogP contribution in [0.3, 0.4) is 0 Å². The summed E-state index contributed by atoms with van der Waals surface area (Å²) >= 11 is 0. The van der Waals surface area contributed by atoms with Gasteiger partial charge in [0, 0.05) is 18.1 Å². The lowest BCUT2D eigenvalue weighted by molar-refractivity contribution is 0.0305. The maximum atomic E-state index is 5.96. The van der Waals surface area contributed by atoms with E-state index in [4.69, 9.17) is 5.73 Å². The minimum Gasteiger partial charge on any atom is -0.330 e. The minimum atomic E-state index is 0.473. The van der Waals surface area contributed by atoms with E-state index in [0.29, 0.717) is 11.6 Å². The molecule has 122 valence electrons. The standard InChI is InChI=1S/C18H35N3/c19-14-16-8-7-9-17(16)20-15-18(10-3-1-4-11-18)21-12-5-2-6-13-21/h16-17,20H,1-15,19H2. The third kappa shape index (κ3) is 3.62. The topological polar surface area (TPSA) is 41.3 Å². The molecular weight excluding hydrogens is 258 g/mol. The zero-order valence-corrected chi connectivity index (χ0v) is 13.8. The molecule has 3 nitrogen and oxygen atoms in total. The number of hydrogen-bond acceptors (Lipinski definition) is 3. The van der Waals surface area contributed by atoms with E-state index in [1.807, 2.05) is 0 Å². The van der Waals surface area contributed by atoms with E-state index >= 15 is 0 Å². The Morgan fingerprint density at radius 1 is 0.905 bits per heavy atom. The average molecular weight is 293 g/mol. The molecule has 0 amide bonds. The number of likely N-dealkylation sites (tertiary alicyclic amines) is 1. The van der Waals surface area contributed by atoms with E-state index < -0.39 is 0 Å². The SMILES string of the molecule is NCC1CCCC1NCC1(N2CCCCC2)CCCCC1. The Labute approximate surface area is 131 Å². The molecule has 2 unspecified atom stereocenters. The fraction of sp³-hybridized carbons (Fsp3) is 1.00. The van der Waals surface area contributed by atoms with Crippen molar-refractivity contribution in [1.29, 1.82) is 0 Å². The molecule has 2 aliphatic carbocycles. The van der Waals surface area contributed by atoms with Crippen molar-refractivity contribution in [1.82, 2.24) is 10.2 Å². The first kappa shape index (κ1) is 15.8. The van der Waals surface area contributed by atoms with E-state index in [-0.39, 0.29) is 0 Å². The normalized spacial score (nSPS) is 34.1.